The molecular formula is C21H19NO6. The van der Waals surface area contributed by atoms with Crippen molar-refractivity contribution < 1.29 is 28.6 Å². The Morgan fingerprint density at radius 1 is 1.07 bits per heavy atom. The van der Waals surface area contributed by atoms with E-state index in [9.17, 15) is 14.7 Å². The van der Waals surface area contributed by atoms with Gasteiger partial charge in [-0.15, -0.1) is 0 Å². The number of furan rings is 1. The Bertz CT molecular complexity index is 1050. The lowest BCUT2D eigenvalue weighted by Crippen LogP contribution is -2.13. The molecular weight excluding hydrogens is 362 g/mol. The lowest BCUT2D eigenvalue weighted by atomic mass is 10.1. The van der Waals surface area contributed by atoms with Crippen LogP contribution in [0.1, 0.15) is 23.0 Å². The lowest BCUT2D eigenvalue weighted by molar-refractivity contribution is -0.111. The van der Waals surface area contributed by atoms with Crippen molar-refractivity contribution in [3.05, 3.63) is 59.9 Å². The Labute approximate surface area is 161 Å². The Balaban J connectivity index is 1.89. The summed E-state index contributed by atoms with van der Waals surface area (Å²) in [7, 11) is 2.83. The molecule has 7 heteroatoms. The largest absolute Gasteiger partial charge is 0.493 e. The second-order valence-electron chi connectivity index (χ2n) is 6.02. The SMILES string of the molecule is COc1cc(NC(=O)/C=C(/C)c2cc3ccccc3o2)c(C(=O)O)cc1OC. The minimum Gasteiger partial charge on any atom is -0.493 e. The minimum atomic E-state index is -1.20. The average Bonchev–Trinajstić information content (AvgIpc) is 3.11. The van der Waals surface area contributed by atoms with Crippen molar-refractivity contribution in [1.29, 1.82) is 0 Å². The highest BCUT2D eigenvalue weighted by molar-refractivity contribution is 6.07. The highest BCUT2D eigenvalue weighted by Crippen LogP contribution is 2.33. The van der Waals surface area contributed by atoms with Crippen molar-refractivity contribution in [2.45, 2.75) is 6.92 Å². The summed E-state index contributed by atoms with van der Waals surface area (Å²) in [6.45, 7) is 1.74. The van der Waals surface area contributed by atoms with Gasteiger partial charge in [-0.1, -0.05) is 18.2 Å². The first kappa shape index (κ1) is 19.0. The maximum atomic E-state index is 12.4. The van der Waals surface area contributed by atoms with E-state index in [-0.39, 0.29) is 17.0 Å². The van der Waals surface area contributed by atoms with Crippen LogP contribution in [0.15, 0.2) is 53.0 Å². The number of carboxylic acids is 1. The number of ether oxygens (including phenoxy) is 2. The number of methoxy groups -OCH3 is 2. The summed E-state index contributed by atoms with van der Waals surface area (Å²) in [5.74, 6) is -0.572. The third-order valence-electron chi connectivity index (χ3n) is 4.17. The summed E-state index contributed by atoms with van der Waals surface area (Å²) in [5.41, 5.74) is 1.31. The van der Waals surface area contributed by atoms with Gasteiger partial charge in [0.05, 0.1) is 25.5 Å². The van der Waals surface area contributed by atoms with E-state index in [4.69, 9.17) is 13.9 Å². The molecule has 1 heterocycles. The zero-order valence-corrected chi connectivity index (χ0v) is 15.6. The number of hydrogen-bond acceptors (Lipinski definition) is 5. The van der Waals surface area contributed by atoms with E-state index < -0.39 is 11.9 Å². The summed E-state index contributed by atoms with van der Waals surface area (Å²) in [6, 6.07) is 12.1. The highest BCUT2D eigenvalue weighted by Gasteiger charge is 2.18. The van der Waals surface area contributed by atoms with Gasteiger partial charge in [0.1, 0.15) is 11.3 Å². The quantitative estimate of drug-likeness (QED) is 0.621. The average molecular weight is 381 g/mol. The van der Waals surface area contributed by atoms with Crippen LogP contribution in [0.25, 0.3) is 16.5 Å². The number of carbonyl (C=O) groups is 2. The summed E-state index contributed by atoms with van der Waals surface area (Å²) in [5, 5.41) is 12.9. The predicted molar refractivity (Wildman–Crippen MR) is 105 cm³/mol. The number of amides is 1. The smallest absolute Gasteiger partial charge is 0.337 e. The molecule has 3 rings (SSSR count). The topological polar surface area (TPSA) is 98.0 Å². The number of fused-ring (bicyclic) bond motifs is 1. The summed E-state index contributed by atoms with van der Waals surface area (Å²) in [4.78, 5) is 24.0. The number of rotatable bonds is 6. The molecule has 0 fully saturated rings. The molecule has 0 spiro atoms. The summed E-state index contributed by atoms with van der Waals surface area (Å²) in [6.07, 6.45) is 1.35. The zero-order valence-electron chi connectivity index (χ0n) is 15.6. The fraction of sp³-hybridized carbons (Fsp3) is 0.143. The molecule has 2 N–H and O–H groups in total. The van der Waals surface area contributed by atoms with Crippen LogP contribution in [-0.2, 0) is 4.79 Å². The first-order chi connectivity index (χ1) is 13.4. The van der Waals surface area contributed by atoms with Crippen LogP contribution in [0.4, 0.5) is 5.69 Å². The molecule has 0 aliphatic carbocycles. The van der Waals surface area contributed by atoms with Crippen molar-refractivity contribution in [2.24, 2.45) is 0 Å². The maximum Gasteiger partial charge on any atom is 0.337 e. The van der Waals surface area contributed by atoms with Crippen LogP contribution in [0.2, 0.25) is 0 Å². The molecule has 0 saturated heterocycles. The number of hydrogen-bond donors (Lipinski definition) is 2. The first-order valence-electron chi connectivity index (χ1n) is 8.40. The second-order valence-corrected chi connectivity index (χ2v) is 6.02. The third kappa shape index (κ3) is 3.83. The number of para-hydroxylation sites is 1. The van der Waals surface area contributed by atoms with Crippen LogP contribution in [0.3, 0.4) is 0 Å². The molecule has 2 aromatic carbocycles. The van der Waals surface area contributed by atoms with Crippen molar-refractivity contribution in [2.75, 3.05) is 19.5 Å². The van der Waals surface area contributed by atoms with Crippen molar-refractivity contribution in [3.63, 3.8) is 0 Å². The maximum absolute atomic E-state index is 12.4. The van der Waals surface area contributed by atoms with E-state index in [1.165, 1.54) is 32.4 Å². The fourth-order valence-corrected chi connectivity index (χ4v) is 2.77. The van der Waals surface area contributed by atoms with Crippen LogP contribution in [0, 0.1) is 0 Å². The Morgan fingerprint density at radius 3 is 2.39 bits per heavy atom. The fourth-order valence-electron chi connectivity index (χ4n) is 2.77. The summed E-state index contributed by atoms with van der Waals surface area (Å²) >= 11 is 0. The van der Waals surface area contributed by atoms with E-state index in [1.54, 1.807) is 6.92 Å². The molecule has 0 saturated carbocycles. The molecule has 1 aromatic heterocycles. The molecule has 3 aromatic rings. The molecule has 0 aliphatic rings. The highest BCUT2D eigenvalue weighted by atomic mass is 16.5. The molecule has 28 heavy (non-hydrogen) atoms. The standard InChI is InChI=1S/C21H19NO6/c1-12(17-9-13-6-4-5-7-16(13)28-17)8-20(23)22-15-11-19(27-3)18(26-2)10-14(15)21(24)25/h4-11H,1-3H3,(H,22,23)(H,24,25)/b12-8-. The number of carbonyl (C=O) groups excluding carboxylic acids is 1. The second kappa shape index (κ2) is 7.87. The number of benzene rings is 2. The number of allylic oxidation sites excluding steroid dienone is 1. The number of anilines is 1. The number of aromatic carboxylic acids is 1. The molecule has 144 valence electrons. The molecule has 0 bridgehead atoms. The van der Waals surface area contributed by atoms with E-state index in [0.29, 0.717) is 17.1 Å². The van der Waals surface area contributed by atoms with Crippen LogP contribution in [0.5, 0.6) is 11.5 Å². The Morgan fingerprint density at radius 2 is 1.75 bits per heavy atom. The van der Waals surface area contributed by atoms with Crippen molar-refractivity contribution in [3.8, 4) is 11.5 Å². The lowest BCUT2D eigenvalue weighted by Gasteiger charge is -2.13. The molecule has 0 unspecified atom stereocenters. The number of nitrogens with one attached hydrogen (secondary N) is 1. The third-order valence-corrected chi connectivity index (χ3v) is 4.17. The Kier molecular flexibility index (Phi) is 5.35. The van der Waals surface area contributed by atoms with Gasteiger partial charge >= 0.3 is 5.97 Å². The molecule has 0 atom stereocenters. The van der Waals surface area contributed by atoms with E-state index >= 15 is 0 Å². The van der Waals surface area contributed by atoms with Gasteiger partial charge in [-0.25, -0.2) is 4.79 Å². The number of carboxylic acid groups (broad SMARTS) is 1. The van der Waals surface area contributed by atoms with Gasteiger partial charge in [0, 0.05) is 23.6 Å². The van der Waals surface area contributed by atoms with Gasteiger partial charge in [-0.05, 0) is 24.6 Å². The predicted octanol–water partition coefficient (Wildman–Crippen LogP) is 4.19. The molecule has 0 radical (unpaired) electrons. The van der Waals surface area contributed by atoms with Gasteiger partial charge in [0.15, 0.2) is 11.5 Å². The normalized spacial score (nSPS) is 11.3. The van der Waals surface area contributed by atoms with E-state index in [0.717, 1.165) is 11.0 Å². The zero-order chi connectivity index (χ0) is 20.3. The molecule has 1 amide bonds. The molecule has 0 aliphatic heterocycles. The van der Waals surface area contributed by atoms with Crippen LogP contribution < -0.4 is 14.8 Å². The van der Waals surface area contributed by atoms with E-state index in [1.807, 2.05) is 30.3 Å². The molecule has 7 nitrogen and oxygen atoms in total. The first-order valence-corrected chi connectivity index (χ1v) is 8.40. The van der Waals surface area contributed by atoms with Gasteiger partial charge in [0.2, 0.25) is 5.91 Å². The van der Waals surface area contributed by atoms with Crippen molar-refractivity contribution >= 4 is 34.1 Å². The van der Waals surface area contributed by atoms with Crippen LogP contribution in [-0.4, -0.2) is 31.2 Å². The monoisotopic (exact) mass is 381 g/mol. The minimum absolute atomic E-state index is 0.101. The van der Waals surface area contributed by atoms with Crippen molar-refractivity contribution in [1.82, 2.24) is 0 Å². The van der Waals surface area contributed by atoms with E-state index in [2.05, 4.69) is 5.32 Å². The van der Waals surface area contributed by atoms with Gasteiger partial charge in [0.25, 0.3) is 0 Å². The van der Waals surface area contributed by atoms with Gasteiger partial charge in [-0.3, -0.25) is 4.79 Å². The van der Waals surface area contributed by atoms with Crippen LogP contribution >= 0.6 is 0 Å². The Hall–Kier alpha value is -3.74. The van der Waals surface area contributed by atoms with Gasteiger partial charge in [-0.2, -0.15) is 0 Å². The summed E-state index contributed by atoms with van der Waals surface area (Å²) < 4.78 is 16.0. The van der Waals surface area contributed by atoms with Gasteiger partial charge < -0.3 is 24.3 Å².